The molecule has 2 rings (SSSR count). The van der Waals surface area contributed by atoms with Crippen molar-refractivity contribution in [3.05, 3.63) is 56.0 Å². The number of nitro groups is 1. The summed E-state index contributed by atoms with van der Waals surface area (Å²) in [5, 5.41) is 18.1. The fourth-order valence-electron chi connectivity index (χ4n) is 1.88. The summed E-state index contributed by atoms with van der Waals surface area (Å²) in [7, 11) is 1.65. The van der Waals surface area contributed by atoms with E-state index in [1.54, 1.807) is 36.6 Å². The van der Waals surface area contributed by atoms with Gasteiger partial charge in [-0.15, -0.1) is 11.3 Å². The molecule has 0 aliphatic rings. The molecule has 22 heavy (non-hydrogen) atoms. The third-order valence-electron chi connectivity index (χ3n) is 2.93. The van der Waals surface area contributed by atoms with Crippen molar-refractivity contribution < 1.29 is 4.92 Å². The Bertz CT molecular complexity index is 683. The molecule has 7 nitrogen and oxygen atoms in total. The van der Waals surface area contributed by atoms with Gasteiger partial charge in [0, 0.05) is 36.3 Å². The highest BCUT2D eigenvalue weighted by atomic mass is 32.1. The summed E-state index contributed by atoms with van der Waals surface area (Å²) in [6, 6.07) is 6.65. The summed E-state index contributed by atoms with van der Waals surface area (Å²) >= 11 is 1.62. The lowest BCUT2D eigenvalue weighted by molar-refractivity contribution is -0.385. The molecule has 0 atom stereocenters. The molecule has 0 bridgehead atoms. The number of hydrogen-bond donors (Lipinski definition) is 2. The molecule has 8 heteroatoms. The second kappa shape index (κ2) is 7.51. The second-order valence-corrected chi connectivity index (χ2v) is 5.85. The van der Waals surface area contributed by atoms with Crippen LogP contribution in [0.1, 0.15) is 15.4 Å². The van der Waals surface area contributed by atoms with E-state index in [1.807, 2.05) is 13.1 Å². The van der Waals surface area contributed by atoms with E-state index in [1.165, 1.54) is 6.07 Å². The number of nitrogens with one attached hydrogen (secondary N) is 2. The van der Waals surface area contributed by atoms with Gasteiger partial charge in [-0.2, -0.15) is 0 Å². The maximum absolute atomic E-state index is 11.0. The van der Waals surface area contributed by atoms with Gasteiger partial charge in [0.05, 0.1) is 11.5 Å². The number of hydrogen-bond acceptors (Lipinski definition) is 5. The Kier molecular flexibility index (Phi) is 5.42. The number of aromatic nitrogens is 1. The molecule has 2 N–H and O–H groups in total. The van der Waals surface area contributed by atoms with Crippen molar-refractivity contribution in [2.45, 2.75) is 20.0 Å². The third kappa shape index (κ3) is 4.26. The van der Waals surface area contributed by atoms with Crippen molar-refractivity contribution in [2.75, 3.05) is 7.05 Å². The summed E-state index contributed by atoms with van der Waals surface area (Å²) < 4.78 is 0. The first-order valence-electron chi connectivity index (χ1n) is 6.68. The first kappa shape index (κ1) is 15.9. The normalized spacial score (nSPS) is 11.3. The molecule has 0 aliphatic heterocycles. The van der Waals surface area contributed by atoms with Gasteiger partial charge >= 0.3 is 0 Å². The largest absolute Gasteiger partial charge is 0.352 e. The zero-order chi connectivity index (χ0) is 15.9. The van der Waals surface area contributed by atoms with Crippen LogP contribution in [0, 0.1) is 17.0 Å². The molecule has 0 aliphatic carbocycles. The van der Waals surface area contributed by atoms with Crippen molar-refractivity contribution in [3.8, 4) is 0 Å². The molecular weight excluding hydrogens is 302 g/mol. The van der Waals surface area contributed by atoms with Gasteiger partial charge < -0.3 is 10.6 Å². The lowest BCUT2D eigenvalue weighted by Gasteiger charge is -2.11. The molecule has 0 fully saturated rings. The zero-order valence-electron chi connectivity index (χ0n) is 12.4. The quantitative estimate of drug-likeness (QED) is 0.381. The molecule has 0 unspecified atom stereocenters. The number of rotatable bonds is 5. The predicted molar refractivity (Wildman–Crippen MR) is 87.0 cm³/mol. The number of aliphatic imine (C=N–C) groups is 1. The van der Waals surface area contributed by atoms with E-state index in [0.29, 0.717) is 24.6 Å². The van der Waals surface area contributed by atoms with E-state index in [2.05, 4.69) is 20.6 Å². The van der Waals surface area contributed by atoms with Gasteiger partial charge in [0.2, 0.25) is 0 Å². The Hall–Kier alpha value is -2.48. The second-order valence-electron chi connectivity index (χ2n) is 4.53. The van der Waals surface area contributed by atoms with Crippen LogP contribution in [0.4, 0.5) is 5.69 Å². The van der Waals surface area contributed by atoms with E-state index >= 15 is 0 Å². The standard InChI is InChI=1S/C14H17N5O2S/c1-10-7-16-13(22-10)9-18-14(15-2)17-8-11-5-3-4-6-12(11)19(20)21/h3-7H,8-9H2,1-2H3,(H2,15,17,18). The van der Waals surface area contributed by atoms with Crippen LogP contribution in [0.25, 0.3) is 0 Å². The number of para-hydroxylation sites is 1. The van der Waals surface area contributed by atoms with Crippen LogP contribution in [0.15, 0.2) is 35.5 Å². The molecule has 2 aromatic rings. The van der Waals surface area contributed by atoms with Crippen molar-refractivity contribution in [3.63, 3.8) is 0 Å². The number of nitrogens with zero attached hydrogens (tertiary/aromatic N) is 3. The summed E-state index contributed by atoms with van der Waals surface area (Å²) in [5.74, 6) is 0.575. The van der Waals surface area contributed by atoms with Crippen LogP contribution in [0.5, 0.6) is 0 Å². The zero-order valence-corrected chi connectivity index (χ0v) is 13.2. The van der Waals surface area contributed by atoms with Crippen molar-refractivity contribution in [1.29, 1.82) is 0 Å². The first-order chi connectivity index (χ1) is 10.6. The van der Waals surface area contributed by atoms with E-state index in [9.17, 15) is 10.1 Å². The summed E-state index contributed by atoms with van der Waals surface area (Å²) in [5.41, 5.74) is 0.710. The van der Waals surface area contributed by atoms with Crippen LogP contribution < -0.4 is 10.6 Å². The third-order valence-corrected chi connectivity index (χ3v) is 3.85. The molecule has 0 radical (unpaired) electrons. The molecular formula is C14H17N5O2S. The summed E-state index contributed by atoms with van der Waals surface area (Å²) in [6.07, 6.45) is 1.82. The van der Waals surface area contributed by atoms with Crippen molar-refractivity contribution >= 4 is 23.0 Å². The Balaban J connectivity index is 1.93. The number of nitro benzene ring substituents is 1. The van der Waals surface area contributed by atoms with E-state index < -0.39 is 0 Å². The minimum absolute atomic E-state index is 0.0981. The Morgan fingerprint density at radius 1 is 1.36 bits per heavy atom. The lowest BCUT2D eigenvalue weighted by atomic mass is 10.2. The minimum atomic E-state index is -0.383. The smallest absolute Gasteiger partial charge is 0.274 e. The van der Waals surface area contributed by atoms with Gasteiger partial charge in [0.25, 0.3) is 5.69 Å². The van der Waals surface area contributed by atoms with Crippen LogP contribution in [-0.4, -0.2) is 22.9 Å². The number of benzene rings is 1. The highest BCUT2D eigenvalue weighted by molar-refractivity contribution is 7.11. The van der Waals surface area contributed by atoms with Crippen LogP contribution in [0.2, 0.25) is 0 Å². The fourth-order valence-corrected chi connectivity index (χ4v) is 2.61. The summed E-state index contributed by atoms with van der Waals surface area (Å²) in [6.45, 7) is 2.89. The highest BCUT2D eigenvalue weighted by Crippen LogP contribution is 2.17. The van der Waals surface area contributed by atoms with Gasteiger partial charge in [0.1, 0.15) is 5.01 Å². The molecule has 116 valence electrons. The molecule has 0 saturated heterocycles. The minimum Gasteiger partial charge on any atom is -0.352 e. The summed E-state index contributed by atoms with van der Waals surface area (Å²) in [4.78, 5) is 20.1. The SMILES string of the molecule is CN=C(NCc1ncc(C)s1)NCc1ccccc1[N+](=O)[O-]. The Labute approximate surface area is 132 Å². The Morgan fingerprint density at radius 2 is 2.09 bits per heavy atom. The van der Waals surface area contributed by atoms with E-state index in [4.69, 9.17) is 0 Å². The van der Waals surface area contributed by atoms with Gasteiger partial charge in [0.15, 0.2) is 5.96 Å². The van der Waals surface area contributed by atoms with Gasteiger partial charge in [-0.1, -0.05) is 18.2 Å². The molecule has 0 spiro atoms. The van der Waals surface area contributed by atoms with Crippen LogP contribution >= 0.6 is 11.3 Å². The van der Waals surface area contributed by atoms with Gasteiger partial charge in [-0.3, -0.25) is 15.1 Å². The predicted octanol–water partition coefficient (Wildman–Crippen LogP) is 2.22. The van der Waals surface area contributed by atoms with Gasteiger partial charge in [-0.25, -0.2) is 4.98 Å². The van der Waals surface area contributed by atoms with Crippen LogP contribution in [0.3, 0.4) is 0 Å². The Morgan fingerprint density at radius 3 is 2.73 bits per heavy atom. The monoisotopic (exact) mass is 319 g/mol. The van der Waals surface area contributed by atoms with Crippen molar-refractivity contribution in [2.24, 2.45) is 4.99 Å². The topological polar surface area (TPSA) is 92.5 Å². The number of aryl methyl sites for hydroxylation is 1. The maximum atomic E-state index is 11.0. The molecule has 1 aromatic heterocycles. The fraction of sp³-hybridized carbons (Fsp3) is 0.286. The molecule has 1 heterocycles. The highest BCUT2D eigenvalue weighted by Gasteiger charge is 2.12. The molecule has 0 amide bonds. The van der Waals surface area contributed by atoms with Crippen molar-refractivity contribution in [1.82, 2.24) is 15.6 Å². The van der Waals surface area contributed by atoms with E-state index in [0.717, 1.165) is 9.88 Å². The van der Waals surface area contributed by atoms with Gasteiger partial charge in [-0.05, 0) is 6.92 Å². The van der Waals surface area contributed by atoms with Crippen LogP contribution in [-0.2, 0) is 13.1 Å². The lowest BCUT2D eigenvalue weighted by Crippen LogP contribution is -2.36. The first-order valence-corrected chi connectivity index (χ1v) is 7.50. The number of guanidine groups is 1. The average molecular weight is 319 g/mol. The van der Waals surface area contributed by atoms with E-state index in [-0.39, 0.29) is 10.6 Å². The molecule has 0 saturated carbocycles. The maximum Gasteiger partial charge on any atom is 0.274 e. The average Bonchev–Trinajstić information content (AvgIpc) is 2.93. The molecule has 1 aromatic carbocycles. The number of thiazole rings is 1.